The molecule has 0 spiro atoms. The number of rotatable bonds is 30. The molecule has 242 valence electrons. The molecule has 2 N–H and O–H groups in total. The summed E-state index contributed by atoms with van der Waals surface area (Å²) in [6.07, 6.45) is 30.5. The Bertz CT molecular complexity index is 691. The quantitative estimate of drug-likeness (QED) is 0.0360. The Morgan fingerprint density at radius 3 is 1.51 bits per heavy atom. The molecule has 0 saturated heterocycles. The topological polar surface area (TPSA) is 119 Å². The molecule has 0 aromatic heterocycles. The molecule has 41 heavy (non-hydrogen) atoms. The van der Waals surface area contributed by atoms with E-state index in [0.717, 1.165) is 19.3 Å². The van der Waals surface area contributed by atoms with Crippen LogP contribution >= 0.6 is 7.82 Å². The van der Waals surface area contributed by atoms with Crippen molar-refractivity contribution in [3.8, 4) is 0 Å². The van der Waals surface area contributed by atoms with Gasteiger partial charge in [0, 0.05) is 12.8 Å². The molecule has 0 aliphatic rings. The molecule has 8 nitrogen and oxygen atoms in total. The van der Waals surface area contributed by atoms with Crippen LogP contribution in [0, 0.1) is 0 Å². The Morgan fingerprint density at radius 1 is 0.634 bits per heavy atom. The van der Waals surface area contributed by atoms with Crippen LogP contribution in [-0.2, 0) is 28.2 Å². The number of phosphoric ester groups is 1. The van der Waals surface area contributed by atoms with E-state index >= 15 is 0 Å². The molecule has 0 aliphatic carbocycles. The number of hydrogen-bond acceptors (Lipinski definition) is 6. The van der Waals surface area contributed by atoms with Crippen molar-refractivity contribution in [1.29, 1.82) is 0 Å². The molecule has 0 radical (unpaired) electrons. The molecule has 1 unspecified atom stereocenters. The molecule has 0 fully saturated rings. The third-order valence-electron chi connectivity index (χ3n) is 7.09. The third-order valence-corrected chi connectivity index (χ3v) is 7.57. The Balaban J connectivity index is 3.57. The monoisotopic (exact) mass is 604 g/mol. The molecule has 9 heteroatoms. The second-order valence-electron chi connectivity index (χ2n) is 11.1. The first kappa shape index (κ1) is 39.8. The number of hydrogen-bond donors (Lipinski definition) is 2. The maximum atomic E-state index is 12.1. The minimum absolute atomic E-state index is 0.150. The predicted molar refractivity (Wildman–Crippen MR) is 166 cm³/mol. The summed E-state index contributed by atoms with van der Waals surface area (Å²) < 4.78 is 25.5. The van der Waals surface area contributed by atoms with Crippen molar-refractivity contribution in [2.24, 2.45) is 0 Å². The SMILES string of the molecule is CCCCCCCCCC/C=C\CCCCCCCCCCCCCC(=O)OC(COC(=O)CC)COP(=O)(O)O. The van der Waals surface area contributed by atoms with Crippen LogP contribution in [0.25, 0.3) is 0 Å². The van der Waals surface area contributed by atoms with Gasteiger partial charge in [-0.2, -0.15) is 0 Å². The summed E-state index contributed by atoms with van der Waals surface area (Å²) in [5.74, 6) is -0.981. The van der Waals surface area contributed by atoms with E-state index in [-0.39, 0.29) is 19.4 Å². The maximum absolute atomic E-state index is 12.1. The van der Waals surface area contributed by atoms with Gasteiger partial charge in [0.2, 0.25) is 0 Å². The van der Waals surface area contributed by atoms with E-state index in [4.69, 9.17) is 19.3 Å². The van der Waals surface area contributed by atoms with E-state index in [1.165, 1.54) is 109 Å². The van der Waals surface area contributed by atoms with Crippen molar-refractivity contribution in [2.75, 3.05) is 13.2 Å². The van der Waals surface area contributed by atoms with Crippen LogP contribution in [-0.4, -0.2) is 41.0 Å². The molecular weight excluding hydrogens is 543 g/mol. The minimum atomic E-state index is -4.71. The molecule has 0 aromatic rings. The van der Waals surface area contributed by atoms with Gasteiger partial charge in [0.25, 0.3) is 0 Å². The summed E-state index contributed by atoms with van der Waals surface area (Å²) in [7, 11) is -4.71. The smallest absolute Gasteiger partial charge is 0.462 e. The van der Waals surface area contributed by atoms with Gasteiger partial charge in [-0.25, -0.2) is 4.57 Å². The van der Waals surface area contributed by atoms with Gasteiger partial charge >= 0.3 is 19.8 Å². The Hall–Kier alpha value is -1.21. The number of carbonyl (C=O) groups excluding carboxylic acids is 2. The van der Waals surface area contributed by atoms with Crippen LogP contribution in [0.2, 0.25) is 0 Å². The number of carbonyl (C=O) groups is 2. The standard InChI is InChI=1S/C32H61O8P/c1-3-5-6-7-8-9-10-11-12-13-14-15-16-17-18-19-20-21-22-23-24-25-26-27-32(34)40-30(28-38-31(33)4-2)29-39-41(35,36)37/h13-14,30H,3-12,15-29H2,1-2H3,(H2,35,36,37)/b14-13-. The lowest BCUT2D eigenvalue weighted by molar-refractivity contribution is -0.161. The lowest BCUT2D eigenvalue weighted by atomic mass is 10.0. The largest absolute Gasteiger partial charge is 0.469 e. The van der Waals surface area contributed by atoms with E-state index in [0.29, 0.717) is 6.42 Å². The number of allylic oxidation sites excluding steroid dienone is 2. The lowest BCUT2D eigenvalue weighted by Crippen LogP contribution is -2.29. The first-order valence-corrected chi connectivity index (χ1v) is 18.0. The average Bonchev–Trinajstić information content (AvgIpc) is 2.94. The molecule has 0 saturated carbocycles. The summed E-state index contributed by atoms with van der Waals surface area (Å²) in [5.41, 5.74) is 0. The maximum Gasteiger partial charge on any atom is 0.469 e. The van der Waals surface area contributed by atoms with Gasteiger partial charge in [-0.15, -0.1) is 0 Å². The highest BCUT2D eigenvalue weighted by molar-refractivity contribution is 7.46. The summed E-state index contributed by atoms with van der Waals surface area (Å²) >= 11 is 0. The summed E-state index contributed by atoms with van der Waals surface area (Å²) in [6.45, 7) is 3.06. The van der Waals surface area contributed by atoms with E-state index in [1.54, 1.807) is 6.92 Å². The normalized spacial score (nSPS) is 12.6. The first-order chi connectivity index (χ1) is 19.8. The van der Waals surface area contributed by atoms with Crippen LogP contribution in [0.3, 0.4) is 0 Å². The highest BCUT2D eigenvalue weighted by Crippen LogP contribution is 2.35. The van der Waals surface area contributed by atoms with Crippen molar-refractivity contribution < 1.29 is 37.9 Å². The molecule has 0 heterocycles. The number of ether oxygens (including phenoxy) is 2. The van der Waals surface area contributed by atoms with E-state index < -0.39 is 32.5 Å². The Kier molecular flexibility index (Phi) is 28.0. The van der Waals surface area contributed by atoms with Gasteiger partial charge in [0.05, 0.1) is 6.61 Å². The van der Waals surface area contributed by atoms with E-state index in [2.05, 4.69) is 23.6 Å². The van der Waals surface area contributed by atoms with Crippen LogP contribution < -0.4 is 0 Å². The van der Waals surface area contributed by atoms with Crippen LogP contribution in [0.1, 0.15) is 162 Å². The van der Waals surface area contributed by atoms with Gasteiger partial charge in [-0.05, 0) is 32.1 Å². The van der Waals surface area contributed by atoms with Gasteiger partial charge in [-0.1, -0.05) is 129 Å². The highest BCUT2D eigenvalue weighted by Gasteiger charge is 2.22. The van der Waals surface area contributed by atoms with Gasteiger partial charge in [0.1, 0.15) is 6.61 Å². The van der Waals surface area contributed by atoms with Crippen molar-refractivity contribution in [3.63, 3.8) is 0 Å². The van der Waals surface area contributed by atoms with Crippen molar-refractivity contribution in [1.82, 2.24) is 0 Å². The second kappa shape index (κ2) is 28.9. The predicted octanol–water partition coefficient (Wildman–Crippen LogP) is 9.12. The molecular formula is C32H61O8P. The Labute approximate surface area is 250 Å². The third kappa shape index (κ3) is 31.6. The second-order valence-corrected chi connectivity index (χ2v) is 12.3. The van der Waals surface area contributed by atoms with Gasteiger partial charge in [-0.3, -0.25) is 14.1 Å². The van der Waals surface area contributed by atoms with Gasteiger partial charge in [0.15, 0.2) is 6.10 Å². The zero-order valence-corrected chi connectivity index (χ0v) is 27.1. The lowest BCUT2D eigenvalue weighted by Gasteiger charge is -2.18. The fourth-order valence-electron chi connectivity index (χ4n) is 4.58. The van der Waals surface area contributed by atoms with Crippen LogP contribution in [0.5, 0.6) is 0 Å². The van der Waals surface area contributed by atoms with Gasteiger partial charge < -0.3 is 19.3 Å². The van der Waals surface area contributed by atoms with E-state index in [1.807, 2.05) is 0 Å². The number of phosphoric acid groups is 1. The molecule has 0 bridgehead atoms. The molecule has 0 amide bonds. The van der Waals surface area contributed by atoms with E-state index in [9.17, 15) is 14.2 Å². The van der Waals surface area contributed by atoms with Crippen molar-refractivity contribution >= 4 is 19.8 Å². The molecule has 1 atom stereocenters. The van der Waals surface area contributed by atoms with Crippen molar-refractivity contribution in [3.05, 3.63) is 12.2 Å². The fourth-order valence-corrected chi connectivity index (χ4v) is 4.94. The van der Waals surface area contributed by atoms with Crippen LogP contribution in [0.15, 0.2) is 12.2 Å². The highest BCUT2D eigenvalue weighted by atomic mass is 31.2. The summed E-state index contributed by atoms with van der Waals surface area (Å²) in [6, 6.07) is 0. The number of unbranched alkanes of at least 4 members (excludes halogenated alkanes) is 19. The molecule has 0 rings (SSSR count). The minimum Gasteiger partial charge on any atom is -0.462 e. The molecule has 0 aromatic carbocycles. The zero-order valence-electron chi connectivity index (χ0n) is 26.2. The molecule has 0 aliphatic heterocycles. The van der Waals surface area contributed by atoms with Crippen molar-refractivity contribution in [2.45, 2.75) is 168 Å². The van der Waals surface area contributed by atoms with Crippen LogP contribution in [0.4, 0.5) is 0 Å². The Morgan fingerprint density at radius 2 is 1.07 bits per heavy atom. The summed E-state index contributed by atoms with van der Waals surface area (Å²) in [5, 5.41) is 0. The number of esters is 2. The fraction of sp³-hybridized carbons (Fsp3) is 0.875. The first-order valence-electron chi connectivity index (χ1n) is 16.5. The average molecular weight is 605 g/mol. The summed E-state index contributed by atoms with van der Waals surface area (Å²) in [4.78, 5) is 41.1. The zero-order chi connectivity index (χ0) is 30.4.